The van der Waals surface area contributed by atoms with Crippen molar-refractivity contribution >= 4 is 11.3 Å². The second-order valence-electron chi connectivity index (χ2n) is 1.97. The summed E-state index contributed by atoms with van der Waals surface area (Å²) in [4.78, 5) is 4.00. The molecule has 1 nitrogen and oxygen atoms in total. The van der Waals surface area contributed by atoms with Crippen molar-refractivity contribution < 1.29 is 1.37 Å². The quantitative estimate of drug-likeness (QED) is 0.566. The zero-order valence-corrected chi connectivity index (χ0v) is 5.83. The van der Waals surface area contributed by atoms with Crippen molar-refractivity contribution in [3.63, 3.8) is 0 Å². The van der Waals surface area contributed by atoms with Gasteiger partial charge in [-0.3, -0.25) is 0 Å². The number of nitrogens with zero attached hydrogens (tertiary/aromatic N) is 1. The highest BCUT2D eigenvalue weighted by Crippen LogP contribution is 2.15. The predicted molar refractivity (Wildman–Crippen MR) is 36.2 cm³/mol. The molecule has 0 bridgehead atoms. The Hall–Kier alpha value is -0.370. The smallest absolute Gasteiger partial charge is 0.0950 e. The Labute approximate surface area is 54.8 Å². The highest BCUT2D eigenvalue weighted by molar-refractivity contribution is 7.09. The lowest BCUT2D eigenvalue weighted by molar-refractivity contribution is 0.852. The zero-order chi connectivity index (χ0) is 6.85. The van der Waals surface area contributed by atoms with Crippen molar-refractivity contribution in [3.8, 4) is 0 Å². The first-order valence-corrected chi connectivity index (χ1v) is 3.50. The van der Waals surface area contributed by atoms with Crippen LogP contribution in [0.4, 0.5) is 0 Å². The topological polar surface area (TPSA) is 12.9 Å². The van der Waals surface area contributed by atoms with E-state index in [1.165, 1.54) is 0 Å². The van der Waals surface area contributed by atoms with Gasteiger partial charge in [-0.05, 0) is 0 Å². The zero-order valence-electron chi connectivity index (χ0n) is 6.01. The molecule has 0 aromatic carbocycles. The number of aromatic nitrogens is 1. The van der Waals surface area contributed by atoms with Gasteiger partial charge in [0.2, 0.25) is 0 Å². The number of rotatable bonds is 1. The summed E-state index contributed by atoms with van der Waals surface area (Å²) in [6.45, 7) is 4.16. The van der Waals surface area contributed by atoms with Crippen molar-refractivity contribution in [2.24, 2.45) is 0 Å². The van der Waals surface area contributed by atoms with Crippen LogP contribution in [0.3, 0.4) is 0 Å². The summed E-state index contributed by atoms with van der Waals surface area (Å²) in [5, 5.41) is 2.81. The maximum absolute atomic E-state index is 7.11. The molecule has 0 unspecified atom stereocenters. The third-order valence-electron chi connectivity index (χ3n) is 0.901. The predicted octanol–water partition coefficient (Wildman–Crippen LogP) is 2.27. The van der Waals surface area contributed by atoms with Crippen LogP contribution in [0, 0.1) is 0 Å². The third kappa shape index (κ3) is 1.07. The van der Waals surface area contributed by atoms with Crippen LogP contribution >= 0.6 is 11.3 Å². The van der Waals surface area contributed by atoms with Gasteiger partial charge in [-0.25, -0.2) is 4.98 Å². The monoisotopic (exact) mass is 129 g/mol. The van der Waals surface area contributed by atoms with Gasteiger partial charge in [0, 0.05) is 17.5 Å². The molecule has 0 N–H and O–H groups in total. The van der Waals surface area contributed by atoms with Crippen LogP contribution < -0.4 is 0 Å². The van der Waals surface area contributed by atoms with Crippen molar-refractivity contribution in [2.45, 2.75) is 19.8 Å². The fourth-order valence-electron chi connectivity index (χ4n) is 0.468. The van der Waals surface area contributed by atoms with Gasteiger partial charge in [-0.2, -0.15) is 0 Å². The first kappa shape index (κ1) is 4.50. The summed E-state index contributed by atoms with van der Waals surface area (Å²) in [5.74, 6) is 0.467. The summed E-state index contributed by atoms with van der Waals surface area (Å²) in [7, 11) is 0. The molecule has 1 heterocycles. The molecule has 0 saturated heterocycles. The van der Waals surface area contributed by atoms with E-state index in [9.17, 15) is 0 Å². The molecule has 8 heavy (non-hydrogen) atoms. The molecule has 0 radical (unpaired) electrons. The van der Waals surface area contributed by atoms with E-state index < -0.39 is 0 Å². The van der Waals surface area contributed by atoms with Crippen LogP contribution in [0.5, 0.6) is 0 Å². The molecule has 1 rings (SSSR count). The first-order chi connectivity index (χ1) is 4.20. The van der Waals surface area contributed by atoms with Gasteiger partial charge in [0.05, 0.1) is 6.38 Å². The van der Waals surface area contributed by atoms with E-state index >= 15 is 0 Å². The van der Waals surface area contributed by atoms with E-state index in [1.54, 1.807) is 16.7 Å². The fourth-order valence-corrected chi connectivity index (χ4v) is 1.07. The Morgan fingerprint density at radius 1 is 1.88 bits per heavy atom. The molecule has 0 aliphatic rings. The number of hydrogen-bond donors (Lipinski definition) is 0. The van der Waals surface area contributed by atoms with Crippen LogP contribution in [0.1, 0.15) is 26.1 Å². The van der Waals surface area contributed by atoms with E-state index in [4.69, 9.17) is 1.37 Å². The molecule has 0 fully saturated rings. The van der Waals surface area contributed by atoms with Gasteiger partial charge >= 0.3 is 0 Å². The Bertz CT molecular complexity index is 195. The molecule has 1 aromatic rings. The lowest BCUT2D eigenvalue weighted by Crippen LogP contribution is -1.81. The minimum atomic E-state index is 0.392. The van der Waals surface area contributed by atoms with Gasteiger partial charge in [-0.15, -0.1) is 11.3 Å². The molecule has 0 atom stereocenters. The molecule has 0 saturated carbocycles. The van der Waals surface area contributed by atoms with E-state index in [0.29, 0.717) is 12.1 Å². The van der Waals surface area contributed by atoms with E-state index in [1.807, 2.05) is 0 Å². The Morgan fingerprint density at radius 3 is 2.88 bits per heavy atom. The van der Waals surface area contributed by atoms with Crippen molar-refractivity contribution in [2.75, 3.05) is 0 Å². The van der Waals surface area contributed by atoms with Gasteiger partial charge in [-0.1, -0.05) is 13.8 Å². The second kappa shape index (κ2) is 2.27. The summed E-state index contributed by atoms with van der Waals surface area (Å²) in [6, 6.07) is 0. The van der Waals surface area contributed by atoms with E-state index in [2.05, 4.69) is 18.8 Å². The van der Waals surface area contributed by atoms with Crippen LogP contribution in [0.2, 0.25) is 0 Å². The maximum Gasteiger partial charge on any atom is 0.0950 e. The van der Waals surface area contributed by atoms with Gasteiger partial charge in [0.25, 0.3) is 0 Å². The average Bonchev–Trinajstić information content (AvgIpc) is 2.14. The van der Waals surface area contributed by atoms with Crippen molar-refractivity contribution in [3.05, 3.63) is 16.6 Å². The summed E-state index contributed by atoms with van der Waals surface area (Å²) < 4.78 is 7.11. The Kier molecular flexibility index (Phi) is 1.28. The second-order valence-corrected chi connectivity index (χ2v) is 2.86. The molecule has 0 aliphatic carbocycles. The molecule has 0 aliphatic heterocycles. The molecular formula is C6H9NS. The molecule has 0 spiro atoms. The standard InChI is InChI=1S/C6H9NS/c1-5(2)6-7-3-4-8-6/h3-5H,1-2H3/i3T. The van der Waals surface area contributed by atoms with E-state index in [-0.39, 0.29) is 0 Å². The largest absolute Gasteiger partial charge is 0.249 e. The fraction of sp³-hybridized carbons (Fsp3) is 0.500. The highest BCUT2D eigenvalue weighted by atomic mass is 32.1. The van der Waals surface area contributed by atoms with Gasteiger partial charge in [0.1, 0.15) is 0 Å². The lowest BCUT2D eigenvalue weighted by Gasteiger charge is -1.93. The molecule has 44 valence electrons. The molecule has 1 aromatic heterocycles. The maximum atomic E-state index is 7.11. The SMILES string of the molecule is [3H]c1csc(C(C)C)n1. The number of thiazole rings is 1. The van der Waals surface area contributed by atoms with Crippen LogP contribution in [0.15, 0.2) is 11.6 Å². The summed E-state index contributed by atoms with van der Waals surface area (Å²) in [5.41, 5.74) is 0. The minimum Gasteiger partial charge on any atom is -0.249 e. The van der Waals surface area contributed by atoms with Gasteiger partial charge in [0.15, 0.2) is 0 Å². The Balaban J connectivity index is 2.85. The van der Waals surface area contributed by atoms with Gasteiger partial charge < -0.3 is 0 Å². The number of hydrogen-bond acceptors (Lipinski definition) is 2. The first-order valence-electron chi connectivity index (χ1n) is 3.12. The van der Waals surface area contributed by atoms with Crippen molar-refractivity contribution in [1.29, 1.82) is 0 Å². The molecular weight excluding hydrogens is 118 g/mol. The Morgan fingerprint density at radius 2 is 2.62 bits per heavy atom. The summed E-state index contributed by atoms with van der Waals surface area (Å²) >= 11 is 1.56. The molecule has 0 amide bonds. The van der Waals surface area contributed by atoms with Crippen molar-refractivity contribution in [1.82, 2.24) is 4.98 Å². The third-order valence-corrected chi connectivity index (χ3v) is 1.93. The van der Waals surface area contributed by atoms with Crippen LogP contribution in [0.25, 0.3) is 0 Å². The highest BCUT2D eigenvalue weighted by Gasteiger charge is 1.97. The van der Waals surface area contributed by atoms with Crippen LogP contribution in [-0.2, 0) is 0 Å². The van der Waals surface area contributed by atoms with E-state index in [0.717, 1.165) is 5.01 Å². The average molecular weight is 129 g/mol. The minimum absolute atomic E-state index is 0.392. The summed E-state index contributed by atoms with van der Waals surface area (Å²) in [6.07, 6.45) is 0.392. The van der Waals surface area contributed by atoms with Crippen LogP contribution in [-0.4, -0.2) is 4.98 Å². The lowest BCUT2D eigenvalue weighted by atomic mass is 10.2. The molecule has 2 heteroatoms. The normalized spacial score (nSPS) is 12.1.